The number of ketones is 1. The van der Waals surface area contributed by atoms with Crippen LogP contribution in [0.3, 0.4) is 0 Å². The number of nitrogens with one attached hydrogen (secondary N) is 3. The van der Waals surface area contributed by atoms with E-state index in [0.29, 0.717) is 44.7 Å². The second-order valence-corrected chi connectivity index (χ2v) is 6.43. The van der Waals surface area contributed by atoms with Gasteiger partial charge in [-0.05, 0) is 12.8 Å². The molecule has 1 aromatic heterocycles. The van der Waals surface area contributed by atoms with Crippen LogP contribution in [0.15, 0.2) is 12.5 Å². The van der Waals surface area contributed by atoms with Crippen LogP contribution >= 0.6 is 0 Å². The molecule has 0 aliphatic heterocycles. The maximum absolute atomic E-state index is 12.1. The number of hydrogen-bond donors (Lipinski definition) is 3. The Morgan fingerprint density at radius 1 is 1.32 bits per heavy atom. The summed E-state index contributed by atoms with van der Waals surface area (Å²) >= 11 is 0. The molecule has 10 heteroatoms. The molecule has 28 heavy (non-hydrogen) atoms. The van der Waals surface area contributed by atoms with Gasteiger partial charge in [-0.25, -0.2) is 10.7 Å². The predicted molar refractivity (Wildman–Crippen MR) is 99.5 cm³/mol. The fourth-order valence-electron chi connectivity index (χ4n) is 2.53. The number of carboxylic acids is 1. The van der Waals surface area contributed by atoms with Gasteiger partial charge in [0.2, 0.25) is 5.91 Å². The third-order valence-corrected chi connectivity index (χ3v) is 4.13. The highest BCUT2D eigenvalue weighted by atomic mass is 16.5. The third-order valence-electron chi connectivity index (χ3n) is 4.13. The van der Waals surface area contributed by atoms with E-state index in [2.05, 4.69) is 15.3 Å². The van der Waals surface area contributed by atoms with Crippen molar-refractivity contribution in [1.82, 2.24) is 21.0 Å². The van der Waals surface area contributed by atoms with Crippen LogP contribution in [0.5, 0.6) is 0 Å². The Morgan fingerprint density at radius 3 is 2.75 bits per heavy atom. The molecule has 1 heterocycles. The number of nitrogens with zero attached hydrogens (tertiary/aromatic N) is 1. The van der Waals surface area contributed by atoms with Gasteiger partial charge >= 0.3 is 5.97 Å². The molecule has 1 aromatic rings. The number of rotatable bonds is 16. The molecule has 0 unspecified atom stereocenters. The number of imidazole rings is 1. The second-order valence-electron chi connectivity index (χ2n) is 6.43. The highest BCUT2D eigenvalue weighted by Crippen LogP contribution is 2.15. The first-order valence-corrected chi connectivity index (χ1v) is 9.21. The van der Waals surface area contributed by atoms with E-state index < -0.39 is 23.7 Å². The SMILES string of the molecule is COCCOCC(=O)NCCCC[C@H](CC(=O)[C@@H]([NH])Cc1cnc[nH]1)C(=O)O. The fraction of sp³-hybridized carbons (Fsp3) is 0.667. The lowest BCUT2D eigenvalue weighted by molar-refractivity contribution is -0.144. The van der Waals surface area contributed by atoms with Gasteiger partial charge in [0.05, 0.1) is 31.5 Å². The normalized spacial score (nSPS) is 13.1. The number of carbonyl (C=O) groups excluding carboxylic acids is 2. The summed E-state index contributed by atoms with van der Waals surface area (Å²) in [4.78, 5) is 41.7. The minimum absolute atomic E-state index is 0.0448. The van der Waals surface area contributed by atoms with E-state index in [0.717, 1.165) is 0 Å². The Kier molecular flexibility index (Phi) is 11.7. The summed E-state index contributed by atoms with van der Waals surface area (Å²) in [6.07, 6.45) is 4.50. The summed E-state index contributed by atoms with van der Waals surface area (Å²) < 4.78 is 9.89. The summed E-state index contributed by atoms with van der Waals surface area (Å²) in [6.45, 7) is 1.13. The van der Waals surface area contributed by atoms with Gasteiger partial charge < -0.3 is 24.9 Å². The number of amides is 1. The topological polar surface area (TPSA) is 154 Å². The van der Waals surface area contributed by atoms with Gasteiger partial charge in [-0.1, -0.05) is 6.42 Å². The lowest BCUT2D eigenvalue weighted by atomic mass is 9.92. The molecule has 1 amide bonds. The van der Waals surface area contributed by atoms with E-state index >= 15 is 0 Å². The zero-order chi connectivity index (χ0) is 20.8. The number of aromatic nitrogens is 2. The minimum Gasteiger partial charge on any atom is -0.481 e. The van der Waals surface area contributed by atoms with Gasteiger partial charge in [-0.2, -0.15) is 0 Å². The summed E-state index contributed by atoms with van der Waals surface area (Å²) in [7, 11) is 1.55. The first-order chi connectivity index (χ1) is 13.4. The quantitative estimate of drug-likeness (QED) is 0.337. The molecule has 4 N–H and O–H groups in total. The highest BCUT2D eigenvalue weighted by Gasteiger charge is 2.25. The Balaban J connectivity index is 2.22. The van der Waals surface area contributed by atoms with Gasteiger partial charge in [0.1, 0.15) is 6.61 Å². The zero-order valence-corrected chi connectivity index (χ0v) is 16.1. The summed E-state index contributed by atoms with van der Waals surface area (Å²) in [6, 6.07) is -1.01. The lowest BCUT2D eigenvalue weighted by Crippen LogP contribution is -2.30. The van der Waals surface area contributed by atoms with Crippen molar-refractivity contribution in [2.45, 2.75) is 38.1 Å². The number of unbranched alkanes of at least 4 members (excludes halogenated alkanes) is 1. The van der Waals surface area contributed by atoms with Crippen LogP contribution in [0.4, 0.5) is 0 Å². The Bertz CT molecular complexity index is 593. The van der Waals surface area contributed by atoms with Gasteiger partial charge in [0.25, 0.3) is 0 Å². The second kappa shape index (κ2) is 13.8. The molecule has 1 radical (unpaired) electrons. The molecule has 0 saturated heterocycles. The van der Waals surface area contributed by atoms with Crippen LogP contribution in [0.1, 0.15) is 31.4 Å². The van der Waals surface area contributed by atoms with Crippen LogP contribution in [0.2, 0.25) is 0 Å². The molecule has 1 rings (SSSR count). The van der Waals surface area contributed by atoms with E-state index in [4.69, 9.17) is 15.2 Å². The smallest absolute Gasteiger partial charge is 0.306 e. The largest absolute Gasteiger partial charge is 0.481 e. The molecule has 0 aromatic carbocycles. The van der Waals surface area contributed by atoms with Crippen molar-refractivity contribution in [2.24, 2.45) is 5.92 Å². The number of aliphatic carboxylic acids is 1. The third kappa shape index (κ3) is 10.1. The molecule has 0 aliphatic carbocycles. The maximum Gasteiger partial charge on any atom is 0.306 e. The predicted octanol–water partition coefficient (Wildman–Crippen LogP) is 0.213. The van der Waals surface area contributed by atoms with Crippen molar-refractivity contribution in [2.75, 3.05) is 33.5 Å². The fourth-order valence-corrected chi connectivity index (χ4v) is 2.53. The number of hydrogen-bond acceptors (Lipinski definition) is 6. The Morgan fingerprint density at radius 2 is 2.11 bits per heavy atom. The molecule has 0 aliphatic rings. The standard InChI is InChI=1S/C18H29N4O6/c1-27-6-7-28-11-17(24)21-5-3-2-4-13(18(25)26)8-16(23)15(19)9-14-10-20-12-22-14/h10,12-13,15,19H,2-9,11H2,1H3,(H,20,22)(H,21,24)(H,25,26)/t13-,15+/m1/s1. The lowest BCUT2D eigenvalue weighted by Gasteiger charge is -2.14. The first-order valence-electron chi connectivity index (χ1n) is 9.21. The van der Waals surface area contributed by atoms with E-state index in [1.807, 2.05) is 0 Å². The Labute approximate surface area is 164 Å². The van der Waals surface area contributed by atoms with E-state index in [-0.39, 0.29) is 25.4 Å². The summed E-state index contributed by atoms with van der Waals surface area (Å²) in [5.74, 6) is -2.51. The van der Waals surface area contributed by atoms with Crippen molar-refractivity contribution in [3.8, 4) is 0 Å². The number of Topliss-reactive ketones (excluding diaryl/α,β-unsaturated/α-hetero) is 1. The van der Waals surface area contributed by atoms with Crippen molar-refractivity contribution in [1.29, 1.82) is 0 Å². The number of aromatic amines is 1. The molecule has 0 bridgehead atoms. The number of carboxylic acid groups (broad SMARTS) is 1. The Hall–Kier alpha value is -2.30. The number of H-pyrrole nitrogens is 1. The monoisotopic (exact) mass is 397 g/mol. The van der Waals surface area contributed by atoms with Gasteiger partial charge in [-0.15, -0.1) is 0 Å². The van der Waals surface area contributed by atoms with E-state index in [9.17, 15) is 19.5 Å². The van der Waals surface area contributed by atoms with Crippen LogP contribution in [-0.2, 0) is 30.3 Å². The molecular weight excluding hydrogens is 368 g/mol. The minimum atomic E-state index is -1.04. The van der Waals surface area contributed by atoms with Gasteiger partial charge in [0, 0.05) is 38.4 Å². The number of methoxy groups -OCH3 is 1. The number of ether oxygens (including phenoxy) is 2. The van der Waals surface area contributed by atoms with Crippen molar-refractivity contribution < 1.29 is 29.0 Å². The molecule has 157 valence electrons. The van der Waals surface area contributed by atoms with E-state index in [1.54, 1.807) is 13.3 Å². The van der Waals surface area contributed by atoms with Crippen molar-refractivity contribution in [3.05, 3.63) is 18.2 Å². The molecule has 0 spiro atoms. The molecular formula is C18H29N4O6. The van der Waals surface area contributed by atoms with E-state index in [1.165, 1.54) is 6.33 Å². The maximum atomic E-state index is 12.1. The van der Waals surface area contributed by atoms with Crippen LogP contribution in [0.25, 0.3) is 0 Å². The molecule has 0 saturated carbocycles. The summed E-state index contributed by atoms with van der Waals surface area (Å²) in [5.41, 5.74) is 8.57. The van der Waals surface area contributed by atoms with Crippen LogP contribution < -0.4 is 11.1 Å². The summed E-state index contributed by atoms with van der Waals surface area (Å²) in [5, 5.41) is 12.0. The average Bonchev–Trinajstić information content (AvgIpc) is 3.16. The highest BCUT2D eigenvalue weighted by molar-refractivity contribution is 5.87. The molecule has 2 atom stereocenters. The van der Waals surface area contributed by atoms with Crippen LogP contribution in [0, 0.1) is 5.92 Å². The van der Waals surface area contributed by atoms with Gasteiger partial charge in [-0.3, -0.25) is 14.4 Å². The number of carbonyl (C=O) groups is 3. The molecule has 0 fully saturated rings. The van der Waals surface area contributed by atoms with Crippen molar-refractivity contribution >= 4 is 17.7 Å². The average molecular weight is 397 g/mol. The van der Waals surface area contributed by atoms with Gasteiger partial charge in [0.15, 0.2) is 5.78 Å². The molecule has 10 nitrogen and oxygen atoms in total. The zero-order valence-electron chi connectivity index (χ0n) is 16.1. The van der Waals surface area contributed by atoms with Crippen LogP contribution in [-0.4, -0.2) is 72.3 Å². The first kappa shape index (κ1) is 23.7. The van der Waals surface area contributed by atoms with Crippen molar-refractivity contribution in [3.63, 3.8) is 0 Å².